The van der Waals surface area contributed by atoms with Crippen LogP contribution in [0.25, 0.3) is 0 Å². The van der Waals surface area contributed by atoms with Crippen LogP contribution in [-0.2, 0) is 11.2 Å². The molecule has 0 aliphatic heterocycles. The van der Waals surface area contributed by atoms with Crippen molar-refractivity contribution in [1.82, 2.24) is 5.32 Å². The Hall–Kier alpha value is -1.35. The van der Waals surface area contributed by atoms with Crippen LogP contribution in [0.4, 0.5) is 0 Å². The maximum atomic E-state index is 12.1. The zero-order valence-electron chi connectivity index (χ0n) is 12.5. The largest absolute Gasteiger partial charge is 0.356 e. The number of nitrogens with one attached hydrogen (secondary N) is 1. The lowest BCUT2D eigenvalue weighted by Gasteiger charge is -2.36. The first-order valence-corrected chi connectivity index (χ1v) is 6.86. The maximum absolute atomic E-state index is 12.1. The third-order valence-electron chi connectivity index (χ3n) is 3.95. The first-order chi connectivity index (χ1) is 8.75. The summed E-state index contributed by atoms with van der Waals surface area (Å²) >= 11 is 0. The fourth-order valence-electron chi connectivity index (χ4n) is 1.65. The molecule has 0 radical (unpaired) electrons. The predicted molar refractivity (Wildman–Crippen MR) is 79.8 cm³/mol. The van der Waals surface area contributed by atoms with Crippen molar-refractivity contribution in [3.8, 4) is 0 Å². The lowest BCUT2D eigenvalue weighted by Crippen LogP contribution is -2.55. The highest BCUT2D eigenvalue weighted by Gasteiger charge is 2.39. The Morgan fingerprint density at radius 2 is 1.74 bits per heavy atom. The second-order valence-corrected chi connectivity index (χ2v) is 6.19. The van der Waals surface area contributed by atoms with E-state index in [4.69, 9.17) is 5.73 Å². The van der Waals surface area contributed by atoms with Crippen molar-refractivity contribution in [3.63, 3.8) is 0 Å². The molecule has 0 bridgehead atoms. The van der Waals surface area contributed by atoms with Gasteiger partial charge in [-0.25, -0.2) is 0 Å². The van der Waals surface area contributed by atoms with E-state index in [-0.39, 0.29) is 5.91 Å². The number of nitrogens with two attached hydrogens (primary N) is 1. The Labute approximate surface area is 116 Å². The van der Waals surface area contributed by atoms with E-state index >= 15 is 0 Å². The number of benzene rings is 1. The molecule has 3 heteroatoms. The number of hydrogen-bond acceptors (Lipinski definition) is 2. The highest BCUT2D eigenvalue weighted by molar-refractivity contribution is 5.83. The van der Waals surface area contributed by atoms with Gasteiger partial charge in [-0.1, -0.05) is 30.3 Å². The van der Waals surface area contributed by atoms with E-state index in [9.17, 15) is 4.79 Å². The summed E-state index contributed by atoms with van der Waals surface area (Å²) in [4.78, 5) is 12.1. The third kappa shape index (κ3) is 4.35. The van der Waals surface area contributed by atoms with Gasteiger partial charge in [0.15, 0.2) is 0 Å². The van der Waals surface area contributed by atoms with E-state index in [1.807, 2.05) is 45.9 Å². The Morgan fingerprint density at radius 1 is 1.16 bits per heavy atom. The molecule has 3 N–H and O–H groups in total. The van der Waals surface area contributed by atoms with Gasteiger partial charge >= 0.3 is 0 Å². The second-order valence-electron chi connectivity index (χ2n) is 6.19. The van der Waals surface area contributed by atoms with Gasteiger partial charge in [0.05, 0.1) is 5.41 Å². The molecule has 1 aromatic rings. The van der Waals surface area contributed by atoms with E-state index in [0.717, 1.165) is 12.8 Å². The van der Waals surface area contributed by atoms with E-state index < -0.39 is 11.0 Å². The molecule has 0 atom stereocenters. The average molecular weight is 262 g/mol. The molecular weight excluding hydrogens is 236 g/mol. The van der Waals surface area contributed by atoms with E-state index in [2.05, 4.69) is 17.4 Å². The minimum absolute atomic E-state index is 0.0214. The summed E-state index contributed by atoms with van der Waals surface area (Å²) in [7, 11) is 0. The molecule has 1 aromatic carbocycles. The van der Waals surface area contributed by atoms with Gasteiger partial charge in [0.1, 0.15) is 0 Å². The van der Waals surface area contributed by atoms with Crippen LogP contribution in [0.15, 0.2) is 30.3 Å². The Bertz CT molecular complexity index is 405. The van der Waals surface area contributed by atoms with Crippen LogP contribution in [0, 0.1) is 5.41 Å². The first kappa shape index (κ1) is 15.7. The van der Waals surface area contributed by atoms with Crippen molar-refractivity contribution in [2.45, 2.75) is 46.1 Å². The van der Waals surface area contributed by atoms with Gasteiger partial charge in [0.25, 0.3) is 0 Å². The van der Waals surface area contributed by atoms with Gasteiger partial charge in [-0.2, -0.15) is 0 Å². The summed E-state index contributed by atoms with van der Waals surface area (Å²) < 4.78 is 0. The second kappa shape index (κ2) is 6.20. The minimum Gasteiger partial charge on any atom is -0.356 e. The smallest absolute Gasteiger partial charge is 0.227 e. The monoisotopic (exact) mass is 262 g/mol. The van der Waals surface area contributed by atoms with Gasteiger partial charge in [-0.15, -0.1) is 0 Å². The summed E-state index contributed by atoms with van der Waals surface area (Å²) in [6.07, 6.45) is 1.92. The highest BCUT2D eigenvalue weighted by Crippen LogP contribution is 2.28. The van der Waals surface area contributed by atoms with Crippen LogP contribution in [0.3, 0.4) is 0 Å². The van der Waals surface area contributed by atoms with Crippen LogP contribution in [0.5, 0.6) is 0 Å². The van der Waals surface area contributed by atoms with Crippen LogP contribution in [-0.4, -0.2) is 18.0 Å². The summed E-state index contributed by atoms with van der Waals surface area (Å²) in [5.74, 6) is 0.0214. The van der Waals surface area contributed by atoms with Crippen LogP contribution in [0.2, 0.25) is 0 Å². The number of carbonyl (C=O) groups excluding carboxylic acids is 1. The first-order valence-electron chi connectivity index (χ1n) is 6.86. The molecule has 0 aromatic heterocycles. The van der Waals surface area contributed by atoms with E-state index in [1.165, 1.54) is 5.56 Å². The van der Waals surface area contributed by atoms with Gasteiger partial charge in [-0.3, -0.25) is 4.79 Å². The van der Waals surface area contributed by atoms with Crippen LogP contribution < -0.4 is 11.1 Å². The Balaban J connectivity index is 2.36. The topological polar surface area (TPSA) is 55.1 Å². The molecule has 0 heterocycles. The van der Waals surface area contributed by atoms with Crippen molar-refractivity contribution in [3.05, 3.63) is 35.9 Å². The average Bonchev–Trinajstić information content (AvgIpc) is 2.34. The summed E-state index contributed by atoms with van der Waals surface area (Å²) in [6.45, 7) is 8.24. The number of rotatable bonds is 6. The predicted octanol–water partition coefficient (Wildman–Crippen LogP) is 2.50. The maximum Gasteiger partial charge on any atom is 0.227 e. The molecule has 1 amide bonds. The van der Waals surface area contributed by atoms with E-state index in [0.29, 0.717) is 6.54 Å². The highest BCUT2D eigenvalue weighted by atomic mass is 16.2. The molecule has 1 rings (SSSR count). The summed E-state index contributed by atoms with van der Waals surface area (Å²) in [5, 5.41) is 2.98. The fourth-order valence-corrected chi connectivity index (χ4v) is 1.65. The van der Waals surface area contributed by atoms with Crippen molar-refractivity contribution < 1.29 is 4.79 Å². The number of amides is 1. The molecule has 0 saturated heterocycles. The summed E-state index contributed by atoms with van der Waals surface area (Å²) in [5.41, 5.74) is 6.25. The number of hydrogen-bond donors (Lipinski definition) is 2. The zero-order valence-corrected chi connectivity index (χ0v) is 12.5. The van der Waals surface area contributed by atoms with Gasteiger partial charge < -0.3 is 11.1 Å². The standard InChI is InChI=1S/C16H26N2O/c1-15(2,16(3,4)17)14(19)18-12-8-11-13-9-6-5-7-10-13/h5-7,9-10H,8,11-12,17H2,1-4H3,(H,18,19). The molecule has 0 aliphatic carbocycles. The molecular formula is C16H26N2O. The lowest BCUT2D eigenvalue weighted by atomic mass is 9.74. The molecule has 19 heavy (non-hydrogen) atoms. The van der Waals surface area contributed by atoms with Crippen molar-refractivity contribution in [1.29, 1.82) is 0 Å². The summed E-state index contributed by atoms with van der Waals surface area (Å²) in [6, 6.07) is 10.3. The van der Waals surface area contributed by atoms with Crippen molar-refractivity contribution in [2.24, 2.45) is 11.1 Å². The van der Waals surface area contributed by atoms with Gasteiger partial charge in [-0.05, 0) is 46.1 Å². The third-order valence-corrected chi connectivity index (χ3v) is 3.95. The Morgan fingerprint density at radius 3 is 2.26 bits per heavy atom. The fraction of sp³-hybridized carbons (Fsp3) is 0.562. The van der Waals surface area contributed by atoms with E-state index in [1.54, 1.807) is 0 Å². The molecule has 0 saturated carbocycles. The molecule has 3 nitrogen and oxygen atoms in total. The zero-order chi connectivity index (χ0) is 14.5. The SMILES string of the molecule is CC(C)(N)C(C)(C)C(=O)NCCCc1ccccc1. The quantitative estimate of drug-likeness (QED) is 0.774. The van der Waals surface area contributed by atoms with Crippen molar-refractivity contribution >= 4 is 5.91 Å². The van der Waals surface area contributed by atoms with Gasteiger partial charge in [0, 0.05) is 12.1 Å². The Kier molecular flexibility index (Phi) is 5.12. The number of aryl methyl sites for hydroxylation is 1. The molecule has 0 fully saturated rings. The normalized spacial score (nSPS) is 12.3. The minimum atomic E-state index is -0.570. The van der Waals surface area contributed by atoms with Gasteiger partial charge in [0.2, 0.25) is 5.91 Å². The van der Waals surface area contributed by atoms with Crippen LogP contribution >= 0.6 is 0 Å². The lowest BCUT2D eigenvalue weighted by molar-refractivity contribution is -0.132. The molecule has 0 unspecified atom stereocenters. The molecule has 106 valence electrons. The molecule has 0 aliphatic rings. The number of carbonyl (C=O) groups is 1. The van der Waals surface area contributed by atoms with Crippen LogP contribution in [0.1, 0.15) is 39.7 Å². The van der Waals surface area contributed by atoms with Crippen molar-refractivity contribution in [2.75, 3.05) is 6.54 Å². The molecule has 0 spiro atoms.